The van der Waals surface area contributed by atoms with Gasteiger partial charge in [-0.05, 0) is 74.4 Å². The van der Waals surface area contributed by atoms with Gasteiger partial charge in [-0.25, -0.2) is 9.96 Å². The van der Waals surface area contributed by atoms with Crippen molar-refractivity contribution < 1.29 is 19.2 Å². The maximum atomic E-state index is 13.8. The first-order valence-corrected chi connectivity index (χ1v) is 13.0. The first kappa shape index (κ1) is 24.8. The van der Waals surface area contributed by atoms with E-state index in [1.165, 1.54) is 4.90 Å². The zero-order valence-electron chi connectivity index (χ0n) is 21.5. The lowest BCUT2D eigenvalue weighted by Crippen LogP contribution is -2.37. The lowest BCUT2D eigenvalue weighted by Gasteiger charge is -2.29. The van der Waals surface area contributed by atoms with Gasteiger partial charge in [0.2, 0.25) is 5.91 Å². The number of hydrogen-bond acceptors (Lipinski definition) is 6. The molecular formula is C30H33N3O4. The summed E-state index contributed by atoms with van der Waals surface area (Å²) >= 11 is 0. The van der Waals surface area contributed by atoms with Gasteiger partial charge in [0.15, 0.2) is 6.10 Å². The average Bonchev–Trinajstić information content (AvgIpc) is 3.45. The summed E-state index contributed by atoms with van der Waals surface area (Å²) < 4.78 is 5.66. The third-order valence-corrected chi connectivity index (χ3v) is 7.06. The number of benzene rings is 3. The lowest BCUT2D eigenvalue weighted by molar-refractivity contribution is -0.126. The van der Waals surface area contributed by atoms with Gasteiger partial charge in [0.25, 0.3) is 5.91 Å². The standard InChI is InChI=1S/C30H33N3O4/c1-4-20-36-25-18-16-23(17-19-25)32-29(34)26-27(21-12-14-22(15-13-21)31(5-2)6-3)33(37-28(26)30(32)35)24-10-8-7-9-11-24/h7-19,26-28H,4-6,20H2,1-3H3/t26-,27+,28+/m1/s1. The zero-order chi connectivity index (χ0) is 25.9. The smallest absolute Gasteiger partial charge is 0.266 e. The molecule has 0 aliphatic carbocycles. The van der Waals surface area contributed by atoms with Crippen LogP contribution in [0.2, 0.25) is 0 Å². The molecule has 7 nitrogen and oxygen atoms in total. The Bertz CT molecular complexity index is 1230. The molecule has 0 saturated carbocycles. The monoisotopic (exact) mass is 499 g/mol. The molecular weight excluding hydrogens is 466 g/mol. The summed E-state index contributed by atoms with van der Waals surface area (Å²) in [5.74, 6) is -0.556. The summed E-state index contributed by atoms with van der Waals surface area (Å²) in [5.41, 5.74) is 3.38. The van der Waals surface area contributed by atoms with Crippen molar-refractivity contribution in [2.45, 2.75) is 39.3 Å². The Morgan fingerprint density at radius 1 is 0.811 bits per heavy atom. The number of anilines is 3. The Morgan fingerprint density at radius 3 is 2.11 bits per heavy atom. The number of carbonyl (C=O) groups is 2. The molecule has 2 amide bonds. The molecule has 0 aromatic heterocycles. The molecule has 2 saturated heterocycles. The molecule has 2 aliphatic rings. The summed E-state index contributed by atoms with van der Waals surface area (Å²) in [6, 6.07) is 24.5. The molecule has 0 N–H and O–H groups in total. The van der Waals surface area contributed by atoms with E-state index in [0.29, 0.717) is 18.0 Å². The van der Waals surface area contributed by atoms with Crippen LogP contribution in [-0.2, 0) is 14.4 Å². The number of hydroxylamine groups is 1. The number of carbonyl (C=O) groups excluding carboxylic acids is 2. The number of imide groups is 1. The third-order valence-electron chi connectivity index (χ3n) is 7.06. The highest BCUT2D eigenvalue weighted by atomic mass is 16.7. The normalized spacial score (nSPS) is 20.9. The predicted octanol–water partition coefficient (Wildman–Crippen LogP) is 5.37. The van der Waals surface area contributed by atoms with Gasteiger partial charge in [0.05, 0.1) is 24.0 Å². The second kappa shape index (κ2) is 10.6. The molecule has 37 heavy (non-hydrogen) atoms. The van der Waals surface area contributed by atoms with Crippen molar-refractivity contribution in [1.29, 1.82) is 0 Å². The Morgan fingerprint density at radius 2 is 1.49 bits per heavy atom. The molecule has 2 aliphatic heterocycles. The first-order chi connectivity index (χ1) is 18.1. The maximum absolute atomic E-state index is 13.8. The van der Waals surface area contributed by atoms with Crippen molar-refractivity contribution in [2.24, 2.45) is 5.92 Å². The molecule has 3 aromatic rings. The zero-order valence-corrected chi connectivity index (χ0v) is 21.5. The molecule has 0 radical (unpaired) electrons. The van der Waals surface area contributed by atoms with Crippen LogP contribution in [0.5, 0.6) is 5.75 Å². The summed E-state index contributed by atoms with van der Waals surface area (Å²) in [7, 11) is 0. The largest absolute Gasteiger partial charge is 0.494 e. The van der Waals surface area contributed by atoms with E-state index in [1.807, 2.05) is 49.4 Å². The van der Waals surface area contributed by atoms with Crippen molar-refractivity contribution in [1.82, 2.24) is 0 Å². The number of rotatable bonds is 9. The Balaban J connectivity index is 1.48. The van der Waals surface area contributed by atoms with E-state index < -0.39 is 18.1 Å². The van der Waals surface area contributed by atoms with Gasteiger partial charge in [0, 0.05) is 18.8 Å². The maximum Gasteiger partial charge on any atom is 0.266 e. The van der Waals surface area contributed by atoms with Crippen LogP contribution < -0.4 is 19.6 Å². The van der Waals surface area contributed by atoms with Crippen LogP contribution in [0, 0.1) is 5.92 Å². The number of ether oxygens (including phenoxy) is 1. The number of fused-ring (bicyclic) bond motifs is 1. The number of amides is 2. The van der Waals surface area contributed by atoms with Gasteiger partial charge in [-0.1, -0.05) is 37.3 Å². The predicted molar refractivity (Wildman–Crippen MR) is 145 cm³/mol. The lowest BCUT2D eigenvalue weighted by atomic mass is 9.90. The quantitative estimate of drug-likeness (QED) is 0.369. The van der Waals surface area contributed by atoms with Gasteiger partial charge in [0.1, 0.15) is 11.7 Å². The van der Waals surface area contributed by atoms with Crippen LogP contribution in [0.3, 0.4) is 0 Å². The highest BCUT2D eigenvalue weighted by Gasteiger charge is 2.60. The number of para-hydroxylation sites is 1. The first-order valence-electron chi connectivity index (χ1n) is 13.0. The number of nitrogens with zero attached hydrogens (tertiary/aromatic N) is 3. The van der Waals surface area contributed by atoms with Gasteiger partial charge in [-0.15, -0.1) is 0 Å². The topological polar surface area (TPSA) is 62.3 Å². The average molecular weight is 500 g/mol. The summed E-state index contributed by atoms with van der Waals surface area (Å²) in [6.07, 6.45) is 0.0111. The molecule has 192 valence electrons. The van der Waals surface area contributed by atoms with Gasteiger partial charge in [-0.3, -0.25) is 14.4 Å². The van der Waals surface area contributed by atoms with E-state index in [9.17, 15) is 9.59 Å². The van der Waals surface area contributed by atoms with Crippen LogP contribution in [0.25, 0.3) is 0 Å². The van der Waals surface area contributed by atoms with Crippen LogP contribution in [-0.4, -0.2) is 37.6 Å². The highest BCUT2D eigenvalue weighted by Crippen LogP contribution is 2.47. The second-order valence-electron chi connectivity index (χ2n) is 9.28. The van der Waals surface area contributed by atoms with E-state index in [1.54, 1.807) is 29.3 Å². The van der Waals surface area contributed by atoms with Crippen molar-refractivity contribution in [2.75, 3.05) is 34.6 Å². The molecule has 0 bridgehead atoms. The molecule has 3 aromatic carbocycles. The van der Waals surface area contributed by atoms with Crippen molar-refractivity contribution in [3.05, 3.63) is 84.4 Å². The van der Waals surface area contributed by atoms with Crippen LogP contribution >= 0.6 is 0 Å². The van der Waals surface area contributed by atoms with Gasteiger partial charge in [-0.2, -0.15) is 0 Å². The minimum Gasteiger partial charge on any atom is -0.494 e. The summed E-state index contributed by atoms with van der Waals surface area (Å²) in [6.45, 7) is 8.73. The minimum absolute atomic E-state index is 0.256. The molecule has 3 atom stereocenters. The molecule has 0 unspecified atom stereocenters. The second-order valence-corrected chi connectivity index (χ2v) is 9.28. The number of hydrogen-bond donors (Lipinski definition) is 0. The SMILES string of the molecule is CCCOc1ccc(N2C(=O)[C@H]3[C@H](ON(c4ccccc4)[C@H]3c3ccc(N(CC)CC)cc3)C2=O)cc1. The van der Waals surface area contributed by atoms with E-state index in [4.69, 9.17) is 9.57 Å². The molecule has 0 spiro atoms. The van der Waals surface area contributed by atoms with Crippen LogP contribution in [0.1, 0.15) is 38.8 Å². The van der Waals surface area contributed by atoms with Crippen LogP contribution in [0.4, 0.5) is 17.1 Å². The van der Waals surface area contributed by atoms with E-state index in [-0.39, 0.29) is 11.8 Å². The highest BCUT2D eigenvalue weighted by molar-refractivity contribution is 6.23. The van der Waals surface area contributed by atoms with Crippen molar-refractivity contribution >= 4 is 28.9 Å². The van der Waals surface area contributed by atoms with E-state index >= 15 is 0 Å². The van der Waals surface area contributed by atoms with E-state index in [0.717, 1.165) is 36.4 Å². The summed E-state index contributed by atoms with van der Waals surface area (Å²) in [4.78, 5) is 37.2. The van der Waals surface area contributed by atoms with Crippen LogP contribution in [0.15, 0.2) is 78.9 Å². The molecule has 5 rings (SSSR count). The Kier molecular flexibility index (Phi) is 7.15. The Labute approximate surface area is 218 Å². The molecule has 2 fully saturated rings. The molecule has 7 heteroatoms. The fourth-order valence-corrected chi connectivity index (χ4v) is 5.19. The minimum atomic E-state index is -0.892. The fourth-order valence-electron chi connectivity index (χ4n) is 5.19. The van der Waals surface area contributed by atoms with Gasteiger partial charge >= 0.3 is 0 Å². The molecule has 2 heterocycles. The van der Waals surface area contributed by atoms with Crippen molar-refractivity contribution in [3.63, 3.8) is 0 Å². The van der Waals surface area contributed by atoms with Crippen molar-refractivity contribution in [3.8, 4) is 5.75 Å². The fraction of sp³-hybridized carbons (Fsp3) is 0.333. The third kappa shape index (κ3) is 4.55. The summed E-state index contributed by atoms with van der Waals surface area (Å²) in [5, 5.41) is 1.73. The van der Waals surface area contributed by atoms with E-state index in [2.05, 4.69) is 30.9 Å². The Hall–Kier alpha value is -3.84. The van der Waals surface area contributed by atoms with Gasteiger partial charge < -0.3 is 9.64 Å².